The first-order valence-corrected chi connectivity index (χ1v) is 9.81. The Bertz CT molecular complexity index is 898. The smallest absolute Gasteiger partial charge is 0.264 e. The molecule has 2 rings (SSSR count). The summed E-state index contributed by atoms with van der Waals surface area (Å²) < 4.78 is 43.8. The van der Waals surface area contributed by atoms with Crippen LogP contribution in [-0.2, 0) is 10.0 Å². The normalized spacial score (nSPS) is 10.9. The minimum absolute atomic E-state index is 0.0987. The third-order valence-electron chi connectivity index (χ3n) is 3.66. The van der Waals surface area contributed by atoms with Gasteiger partial charge in [-0.15, -0.1) is 6.58 Å². The molecule has 0 unspecified atom stereocenters. The van der Waals surface area contributed by atoms with E-state index in [0.29, 0.717) is 27.4 Å². The number of methoxy groups -OCH3 is 3. The summed E-state index contributed by atoms with van der Waals surface area (Å²) in [6, 6.07) is 9.52. The molecule has 0 aliphatic rings. The monoisotopic (exact) mass is 441 g/mol. The fourth-order valence-electron chi connectivity index (χ4n) is 2.37. The Morgan fingerprint density at radius 2 is 1.62 bits per heavy atom. The second kappa shape index (κ2) is 8.46. The molecular formula is C18H20BrNO5S. The van der Waals surface area contributed by atoms with Gasteiger partial charge < -0.3 is 14.2 Å². The largest absolute Gasteiger partial charge is 0.496 e. The third kappa shape index (κ3) is 3.96. The van der Waals surface area contributed by atoms with Gasteiger partial charge in [0.1, 0.15) is 5.75 Å². The Kier molecular flexibility index (Phi) is 6.55. The lowest BCUT2D eigenvalue weighted by atomic mass is 10.2. The molecule has 0 aliphatic heterocycles. The summed E-state index contributed by atoms with van der Waals surface area (Å²) in [6.07, 6.45) is 1.52. The highest BCUT2D eigenvalue weighted by Crippen LogP contribution is 2.35. The van der Waals surface area contributed by atoms with Gasteiger partial charge in [-0.2, -0.15) is 0 Å². The number of rotatable bonds is 8. The van der Waals surface area contributed by atoms with E-state index < -0.39 is 10.0 Å². The molecule has 6 nitrogen and oxygen atoms in total. The highest BCUT2D eigenvalue weighted by molar-refractivity contribution is 9.10. The maximum absolute atomic E-state index is 13.2. The second-order valence-electron chi connectivity index (χ2n) is 5.16. The fraction of sp³-hybridized carbons (Fsp3) is 0.222. The van der Waals surface area contributed by atoms with Crippen LogP contribution in [0, 0.1) is 0 Å². The van der Waals surface area contributed by atoms with Crippen molar-refractivity contribution in [3.63, 3.8) is 0 Å². The summed E-state index contributed by atoms with van der Waals surface area (Å²) in [5.41, 5.74) is 0.439. The molecule has 0 atom stereocenters. The third-order valence-corrected chi connectivity index (χ3v) is 6.07. The lowest BCUT2D eigenvalue weighted by Gasteiger charge is -2.24. The zero-order valence-corrected chi connectivity index (χ0v) is 17.1. The molecule has 0 saturated heterocycles. The van der Waals surface area contributed by atoms with Crippen LogP contribution in [0.1, 0.15) is 0 Å². The SMILES string of the molecule is C=CCN(c1ccc(OC)c(OC)c1)S(=O)(=O)c1ccc(OC)c(Br)c1. The van der Waals surface area contributed by atoms with Crippen molar-refractivity contribution in [2.24, 2.45) is 0 Å². The van der Waals surface area contributed by atoms with Crippen molar-refractivity contribution in [1.82, 2.24) is 0 Å². The van der Waals surface area contributed by atoms with Crippen LogP contribution in [0.5, 0.6) is 17.2 Å². The van der Waals surface area contributed by atoms with E-state index >= 15 is 0 Å². The van der Waals surface area contributed by atoms with Crippen LogP contribution >= 0.6 is 15.9 Å². The number of anilines is 1. The van der Waals surface area contributed by atoms with Crippen molar-refractivity contribution in [2.45, 2.75) is 4.90 Å². The van der Waals surface area contributed by atoms with Gasteiger partial charge >= 0.3 is 0 Å². The predicted molar refractivity (Wildman–Crippen MR) is 105 cm³/mol. The summed E-state index contributed by atoms with van der Waals surface area (Å²) in [7, 11) is 0.701. The van der Waals surface area contributed by atoms with Crippen molar-refractivity contribution in [2.75, 3.05) is 32.2 Å². The van der Waals surface area contributed by atoms with Crippen LogP contribution in [0.3, 0.4) is 0 Å². The molecule has 140 valence electrons. The zero-order valence-electron chi connectivity index (χ0n) is 14.7. The molecule has 0 spiro atoms. The number of benzene rings is 2. The number of halogens is 1. The van der Waals surface area contributed by atoms with Crippen LogP contribution < -0.4 is 18.5 Å². The van der Waals surface area contributed by atoms with Gasteiger partial charge in [0.15, 0.2) is 11.5 Å². The summed E-state index contributed by atoms with van der Waals surface area (Å²) in [5.74, 6) is 1.50. The fourth-order valence-corrected chi connectivity index (χ4v) is 4.52. The molecule has 0 bridgehead atoms. The molecule has 0 amide bonds. The minimum Gasteiger partial charge on any atom is -0.496 e. The lowest BCUT2D eigenvalue weighted by Crippen LogP contribution is -2.31. The van der Waals surface area contributed by atoms with Gasteiger partial charge in [-0.1, -0.05) is 6.08 Å². The van der Waals surface area contributed by atoms with Crippen molar-refractivity contribution in [3.8, 4) is 17.2 Å². The Labute approximate surface area is 162 Å². The molecule has 0 fully saturated rings. The summed E-state index contributed by atoms with van der Waals surface area (Å²) in [4.78, 5) is 0.127. The molecule has 26 heavy (non-hydrogen) atoms. The van der Waals surface area contributed by atoms with Gasteiger partial charge in [0.2, 0.25) is 0 Å². The lowest BCUT2D eigenvalue weighted by molar-refractivity contribution is 0.355. The Hall–Kier alpha value is -2.19. The summed E-state index contributed by atoms with van der Waals surface area (Å²) in [5, 5.41) is 0. The number of sulfonamides is 1. The molecule has 0 heterocycles. The Balaban J connectivity index is 2.55. The van der Waals surface area contributed by atoms with Crippen LogP contribution in [0.2, 0.25) is 0 Å². The van der Waals surface area contributed by atoms with E-state index in [1.54, 1.807) is 24.3 Å². The molecule has 0 saturated carbocycles. The van der Waals surface area contributed by atoms with Crippen LogP contribution in [0.15, 0.2) is 58.4 Å². The average Bonchev–Trinajstić information content (AvgIpc) is 2.65. The quantitative estimate of drug-likeness (QED) is 0.581. The molecule has 8 heteroatoms. The maximum atomic E-state index is 13.2. The van der Waals surface area contributed by atoms with Gasteiger partial charge in [-0.3, -0.25) is 4.31 Å². The van der Waals surface area contributed by atoms with Crippen molar-refractivity contribution in [1.29, 1.82) is 0 Å². The zero-order chi connectivity index (χ0) is 19.3. The van der Waals surface area contributed by atoms with Crippen LogP contribution in [0.4, 0.5) is 5.69 Å². The van der Waals surface area contributed by atoms with Crippen molar-refractivity contribution in [3.05, 3.63) is 53.5 Å². The van der Waals surface area contributed by atoms with Crippen LogP contribution in [-0.4, -0.2) is 36.3 Å². The first-order valence-electron chi connectivity index (χ1n) is 7.58. The van der Waals surface area contributed by atoms with Gasteiger partial charge in [0.05, 0.1) is 42.9 Å². The van der Waals surface area contributed by atoms with Gasteiger partial charge in [-0.05, 0) is 46.3 Å². The van der Waals surface area contributed by atoms with Gasteiger partial charge in [0, 0.05) is 6.07 Å². The molecule has 2 aromatic rings. The summed E-state index contributed by atoms with van der Waals surface area (Å²) >= 11 is 3.32. The number of hydrogen-bond acceptors (Lipinski definition) is 5. The Morgan fingerprint density at radius 1 is 1.00 bits per heavy atom. The molecule has 0 radical (unpaired) electrons. The van der Waals surface area contributed by atoms with E-state index in [1.165, 1.54) is 43.8 Å². The number of hydrogen-bond donors (Lipinski definition) is 0. The van der Waals surface area contributed by atoms with E-state index in [1.807, 2.05) is 0 Å². The highest BCUT2D eigenvalue weighted by Gasteiger charge is 2.26. The highest BCUT2D eigenvalue weighted by atomic mass is 79.9. The van der Waals surface area contributed by atoms with Gasteiger partial charge in [0.25, 0.3) is 10.0 Å². The van der Waals surface area contributed by atoms with Gasteiger partial charge in [-0.25, -0.2) is 8.42 Å². The predicted octanol–water partition coefficient (Wildman–Crippen LogP) is 3.86. The van der Waals surface area contributed by atoms with Crippen molar-refractivity contribution >= 4 is 31.6 Å². The van der Waals surface area contributed by atoms with E-state index in [9.17, 15) is 8.42 Å². The van der Waals surface area contributed by atoms with E-state index in [0.717, 1.165) is 0 Å². The first kappa shape index (κ1) is 20.1. The van der Waals surface area contributed by atoms with E-state index in [2.05, 4.69) is 22.5 Å². The molecule has 0 aliphatic carbocycles. The minimum atomic E-state index is -3.83. The average molecular weight is 442 g/mol. The topological polar surface area (TPSA) is 65.1 Å². The molecular weight excluding hydrogens is 422 g/mol. The number of nitrogens with zero attached hydrogens (tertiary/aromatic N) is 1. The Morgan fingerprint density at radius 3 is 2.15 bits per heavy atom. The molecule has 0 N–H and O–H groups in total. The number of ether oxygens (including phenoxy) is 3. The molecule has 0 aromatic heterocycles. The standard InChI is InChI=1S/C18H20BrNO5S/c1-5-10-20(13-6-8-17(24-3)18(11-13)25-4)26(21,22)14-7-9-16(23-2)15(19)12-14/h5-9,11-12H,1,10H2,2-4H3. The second-order valence-corrected chi connectivity index (χ2v) is 7.88. The van der Waals surface area contributed by atoms with E-state index in [-0.39, 0.29) is 11.4 Å². The molecule has 2 aromatic carbocycles. The summed E-state index contributed by atoms with van der Waals surface area (Å²) in [6.45, 7) is 3.76. The van der Waals surface area contributed by atoms with Crippen molar-refractivity contribution < 1.29 is 22.6 Å². The maximum Gasteiger partial charge on any atom is 0.264 e. The first-order chi connectivity index (χ1) is 12.4. The van der Waals surface area contributed by atoms with Crippen LogP contribution in [0.25, 0.3) is 0 Å². The van der Waals surface area contributed by atoms with E-state index in [4.69, 9.17) is 14.2 Å².